The van der Waals surface area contributed by atoms with Crippen LogP contribution in [0.1, 0.15) is 16.0 Å². The zero-order valence-corrected chi connectivity index (χ0v) is 11.4. The van der Waals surface area contributed by atoms with Crippen molar-refractivity contribution < 1.29 is 4.79 Å². The van der Waals surface area contributed by atoms with Gasteiger partial charge in [0.2, 0.25) is 5.91 Å². The summed E-state index contributed by atoms with van der Waals surface area (Å²) >= 11 is 1.47. The first-order chi connectivity index (χ1) is 9.78. The number of nitrogens with one attached hydrogen (secondary N) is 2. The van der Waals surface area contributed by atoms with Crippen molar-refractivity contribution in [2.24, 2.45) is 0 Å². The maximum Gasteiger partial charge on any atom is 0.246 e. The van der Waals surface area contributed by atoms with Crippen molar-refractivity contribution in [3.63, 3.8) is 0 Å². The largest absolute Gasteiger partial charge is 0.315 e. The number of anilines is 1. The first-order valence-electron chi connectivity index (χ1n) is 6.17. The molecule has 0 unspecified atom stereocenters. The van der Waals surface area contributed by atoms with E-state index in [4.69, 9.17) is 0 Å². The number of nitrogens with zero attached hydrogens (tertiary/aromatic N) is 4. The highest BCUT2D eigenvalue weighted by Gasteiger charge is 2.21. The van der Waals surface area contributed by atoms with Crippen LogP contribution >= 0.6 is 11.3 Å². The van der Waals surface area contributed by atoms with Crippen LogP contribution in [0.4, 0.5) is 5.00 Å². The van der Waals surface area contributed by atoms with Crippen LogP contribution < -0.4 is 10.6 Å². The molecule has 8 heteroatoms. The van der Waals surface area contributed by atoms with Gasteiger partial charge in [0.15, 0.2) is 0 Å². The molecule has 20 heavy (non-hydrogen) atoms. The van der Waals surface area contributed by atoms with Gasteiger partial charge in [0, 0.05) is 17.6 Å². The van der Waals surface area contributed by atoms with E-state index in [1.165, 1.54) is 22.2 Å². The van der Waals surface area contributed by atoms with E-state index in [2.05, 4.69) is 27.0 Å². The van der Waals surface area contributed by atoms with E-state index in [0.29, 0.717) is 10.6 Å². The Kier molecular flexibility index (Phi) is 3.45. The Labute approximate surface area is 119 Å². The van der Waals surface area contributed by atoms with E-state index in [-0.39, 0.29) is 12.5 Å². The van der Waals surface area contributed by atoms with E-state index in [9.17, 15) is 10.1 Å². The van der Waals surface area contributed by atoms with Gasteiger partial charge in [-0.1, -0.05) is 5.21 Å². The molecule has 1 aliphatic rings. The third-order valence-corrected chi connectivity index (χ3v) is 4.22. The minimum absolute atomic E-state index is 0.0890. The van der Waals surface area contributed by atoms with Gasteiger partial charge in [0.25, 0.3) is 0 Å². The summed E-state index contributed by atoms with van der Waals surface area (Å²) in [6.45, 7) is 1.71. The number of aromatic nitrogens is 3. The van der Waals surface area contributed by atoms with Gasteiger partial charge >= 0.3 is 0 Å². The third kappa shape index (κ3) is 2.41. The molecule has 0 saturated carbocycles. The van der Waals surface area contributed by atoms with Crippen LogP contribution in [0.3, 0.4) is 0 Å². The summed E-state index contributed by atoms with van der Waals surface area (Å²) in [5.41, 5.74) is 1.66. The second kappa shape index (κ2) is 5.40. The Morgan fingerprint density at radius 3 is 3.30 bits per heavy atom. The molecule has 0 aromatic carbocycles. The lowest BCUT2D eigenvalue weighted by atomic mass is 10.1. The third-order valence-electron chi connectivity index (χ3n) is 3.07. The van der Waals surface area contributed by atoms with Crippen molar-refractivity contribution in [3.05, 3.63) is 28.4 Å². The Balaban J connectivity index is 1.79. The van der Waals surface area contributed by atoms with Crippen molar-refractivity contribution >= 4 is 22.2 Å². The van der Waals surface area contributed by atoms with Crippen LogP contribution in [0.5, 0.6) is 0 Å². The number of amides is 1. The molecule has 2 N–H and O–H groups in total. The lowest BCUT2D eigenvalue weighted by Crippen LogP contribution is -2.22. The number of fused-ring (bicyclic) bond motifs is 1. The van der Waals surface area contributed by atoms with Crippen LogP contribution in [0.25, 0.3) is 0 Å². The highest BCUT2D eigenvalue weighted by atomic mass is 32.1. The van der Waals surface area contributed by atoms with Crippen LogP contribution in [0.2, 0.25) is 0 Å². The molecule has 102 valence electrons. The maximum absolute atomic E-state index is 11.9. The summed E-state index contributed by atoms with van der Waals surface area (Å²) in [4.78, 5) is 13.1. The summed E-state index contributed by atoms with van der Waals surface area (Å²) in [6.07, 6.45) is 3.96. The maximum atomic E-state index is 11.9. The van der Waals surface area contributed by atoms with Gasteiger partial charge in [0.1, 0.15) is 17.6 Å². The minimum Gasteiger partial charge on any atom is -0.315 e. The van der Waals surface area contributed by atoms with Crippen LogP contribution in [-0.4, -0.2) is 27.4 Å². The first-order valence-corrected chi connectivity index (χ1v) is 6.99. The summed E-state index contributed by atoms with van der Waals surface area (Å²) in [5.74, 6) is -0.210. The lowest BCUT2D eigenvalue weighted by Gasteiger charge is -2.11. The quantitative estimate of drug-likeness (QED) is 0.857. The number of hydrogen-bond donors (Lipinski definition) is 2. The molecule has 0 bridgehead atoms. The molecule has 3 rings (SSSR count). The van der Waals surface area contributed by atoms with Crippen LogP contribution in [-0.2, 0) is 24.3 Å². The standard InChI is InChI=1S/C12H12N6OS/c13-5-9-8-1-2-14-6-10(8)20-12(9)16-11(19)7-18-4-3-15-17-18/h3-4,14H,1-2,6-7H2,(H,16,19). The van der Waals surface area contributed by atoms with Crippen LogP contribution in [0.15, 0.2) is 12.4 Å². The van der Waals surface area contributed by atoms with Crippen molar-refractivity contribution in [2.75, 3.05) is 11.9 Å². The normalized spacial score (nSPS) is 13.6. The monoisotopic (exact) mass is 288 g/mol. The number of nitriles is 1. The fraction of sp³-hybridized carbons (Fsp3) is 0.333. The van der Waals surface area contributed by atoms with Gasteiger partial charge in [-0.3, -0.25) is 4.79 Å². The molecule has 0 spiro atoms. The molecule has 0 aliphatic carbocycles. The van der Waals surface area contributed by atoms with Gasteiger partial charge < -0.3 is 10.6 Å². The highest BCUT2D eigenvalue weighted by Crippen LogP contribution is 2.34. The second-order valence-electron chi connectivity index (χ2n) is 4.40. The smallest absolute Gasteiger partial charge is 0.246 e. The van der Waals surface area contributed by atoms with Crippen molar-refractivity contribution in [2.45, 2.75) is 19.5 Å². The zero-order valence-electron chi connectivity index (χ0n) is 10.6. The average molecular weight is 288 g/mol. The zero-order chi connectivity index (χ0) is 13.9. The molecular weight excluding hydrogens is 276 g/mol. The topological polar surface area (TPSA) is 95.6 Å². The van der Waals surface area contributed by atoms with Gasteiger partial charge in [0.05, 0.1) is 11.8 Å². The molecular formula is C12H12N6OS. The average Bonchev–Trinajstić information content (AvgIpc) is 3.05. The summed E-state index contributed by atoms with van der Waals surface area (Å²) in [6, 6.07) is 2.20. The Hall–Kier alpha value is -2.24. The number of thiophene rings is 1. The van der Waals surface area contributed by atoms with Crippen LogP contribution in [0, 0.1) is 11.3 Å². The molecule has 0 saturated heterocycles. The van der Waals surface area contributed by atoms with Crippen molar-refractivity contribution in [1.29, 1.82) is 5.26 Å². The summed E-state index contributed by atoms with van der Waals surface area (Å²) in [7, 11) is 0. The molecule has 0 radical (unpaired) electrons. The predicted octanol–water partition coefficient (Wildman–Crippen LogP) is 0.496. The molecule has 0 atom stereocenters. The van der Waals surface area contributed by atoms with Gasteiger partial charge in [-0.15, -0.1) is 16.4 Å². The van der Waals surface area contributed by atoms with E-state index < -0.39 is 0 Å². The number of carbonyl (C=O) groups is 1. The van der Waals surface area contributed by atoms with E-state index in [1.54, 1.807) is 6.20 Å². The Morgan fingerprint density at radius 1 is 1.65 bits per heavy atom. The number of carbonyl (C=O) groups excluding carboxylic acids is 1. The SMILES string of the molecule is N#Cc1c(NC(=O)Cn2ccnn2)sc2c1CCNC2. The highest BCUT2D eigenvalue weighted by molar-refractivity contribution is 7.16. The molecule has 7 nitrogen and oxygen atoms in total. The fourth-order valence-corrected chi connectivity index (χ4v) is 3.36. The number of rotatable bonds is 3. The summed E-state index contributed by atoms with van der Waals surface area (Å²) in [5, 5.41) is 23.4. The second-order valence-corrected chi connectivity index (χ2v) is 5.50. The molecule has 0 fully saturated rings. The van der Waals surface area contributed by atoms with Crippen molar-refractivity contribution in [1.82, 2.24) is 20.3 Å². The van der Waals surface area contributed by atoms with E-state index in [1.807, 2.05) is 0 Å². The first kappa shape index (κ1) is 12.8. The fourth-order valence-electron chi connectivity index (χ4n) is 2.17. The Morgan fingerprint density at radius 2 is 2.55 bits per heavy atom. The summed E-state index contributed by atoms with van der Waals surface area (Å²) < 4.78 is 1.44. The number of hydrogen-bond acceptors (Lipinski definition) is 6. The van der Waals surface area contributed by atoms with Crippen molar-refractivity contribution in [3.8, 4) is 6.07 Å². The molecule has 1 amide bonds. The van der Waals surface area contributed by atoms with E-state index in [0.717, 1.165) is 30.0 Å². The predicted molar refractivity (Wildman–Crippen MR) is 73.1 cm³/mol. The molecule has 2 aromatic rings. The Bertz CT molecular complexity index is 669. The van der Waals surface area contributed by atoms with Gasteiger partial charge in [-0.2, -0.15) is 5.26 Å². The van der Waals surface area contributed by atoms with E-state index >= 15 is 0 Å². The van der Waals surface area contributed by atoms with Gasteiger partial charge in [-0.25, -0.2) is 4.68 Å². The molecule has 2 aromatic heterocycles. The minimum atomic E-state index is -0.210. The van der Waals surface area contributed by atoms with Gasteiger partial charge in [-0.05, 0) is 18.5 Å². The molecule has 3 heterocycles. The lowest BCUT2D eigenvalue weighted by molar-refractivity contribution is -0.116. The molecule has 1 aliphatic heterocycles.